The molecule has 2 heterocycles. The minimum atomic E-state index is 0.0358. The molecule has 0 aliphatic rings. The summed E-state index contributed by atoms with van der Waals surface area (Å²) in [5, 5.41) is 1.03. The van der Waals surface area contributed by atoms with E-state index in [9.17, 15) is 4.79 Å². The van der Waals surface area contributed by atoms with Gasteiger partial charge in [0.2, 0.25) is 0 Å². The first kappa shape index (κ1) is 8.17. The van der Waals surface area contributed by atoms with Crippen LogP contribution in [0.25, 0.3) is 10.9 Å². The predicted molar refractivity (Wildman–Crippen MR) is 56.5 cm³/mol. The van der Waals surface area contributed by atoms with E-state index in [1.165, 1.54) is 0 Å². The van der Waals surface area contributed by atoms with Crippen LogP contribution < -0.4 is 11.0 Å². The average molecular weight is 174 g/mol. The molecule has 1 N–H and O–H groups in total. The second kappa shape index (κ2) is 2.52. The molecule has 0 saturated heterocycles. The third kappa shape index (κ3) is 1.10. The molecule has 0 aliphatic carbocycles. The Balaban J connectivity index is 3.04. The molecule has 2 aromatic heterocycles. The number of hydrogen-bond donors (Lipinski definition) is 1. The number of aromatic amines is 1. The third-order valence-corrected chi connectivity index (χ3v) is 2.30. The minimum Gasteiger partial charge on any atom is -0.354 e. The van der Waals surface area contributed by atoms with Gasteiger partial charge in [-0.15, -0.1) is 0 Å². The summed E-state index contributed by atoms with van der Waals surface area (Å²) < 4.78 is 1.60. The van der Waals surface area contributed by atoms with Crippen molar-refractivity contribution in [2.45, 2.75) is 6.92 Å². The summed E-state index contributed by atoms with van der Waals surface area (Å²) in [6.07, 6.45) is 1.86. The smallest absolute Gasteiger partial charge is 0.274 e. The molecular weight excluding hydrogens is 163 g/mol. The fourth-order valence-corrected chi connectivity index (χ4v) is 1.66. The Labute approximate surface area is 76.8 Å². The van der Waals surface area contributed by atoms with E-state index < -0.39 is 0 Å². The number of nitrogens with one attached hydrogen (secondary N) is 1. The van der Waals surface area contributed by atoms with E-state index in [1.54, 1.807) is 11.6 Å². The number of hydrogen-bond acceptors (Lipinski definition) is 1. The van der Waals surface area contributed by atoms with E-state index in [4.69, 9.17) is 0 Å². The van der Waals surface area contributed by atoms with Crippen molar-refractivity contribution in [1.29, 1.82) is 0 Å². The lowest BCUT2D eigenvalue weighted by atomic mass is 9.95. The number of fused-ring (bicyclic) bond motifs is 1. The van der Waals surface area contributed by atoms with Gasteiger partial charge in [-0.25, -0.2) is 0 Å². The van der Waals surface area contributed by atoms with E-state index in [-0.39, 0.29) is 5.56 Å². The molecule has 2 aromatic rings. The standard InChI is InChI=1S/C9H11BN2O/c1-5-3-6-7(10)4-12(2)9(13)8(6)11-5/h3-4,11H,10H2,1-2H3. The number of nitrogens with zero attached hydrogens (tertiary/aromatic N) is 1. The van der Waals surface area contributed by atoms with Crippen molar-refractivity contribution in [1.82, 2.24) is 9.55 Å². The van der Waals surface area contributed by atoms with E-state index in [1.807, 2.05) is 27.0 Å². The third-order valence-electron chi connectivity index (χ3n) is 2.30. The first-order valence-corrected chi connectivity index (χ1v) is 4.25. The Morgan fingerprint density at radius 3 is 2.92 bits per heavy atom. The summed E-state index contributed by atoms with van der Waals surface area (Å²) in [5.41, 5.74) is 2.90. The molecule has 0 spiro atoms. The van der Waals surface area contributed by atoms with Crippen LogP contribution in [0.15, 0.2) is 17.1 Å². The lowest BCUT2D eigenvalue weighted by Gasteiger charge is -2.00. The fourth-order valence-electron chi connectivity index (χ4n) is 1.66. The van der Waals surface area contributed by atoms with Crippen LogP contribution >= 0.6 is 0 Å². The molecule has 2 rings (SSSR count). The molecular formula is C9H11BN2O. The molecule has 0 amide bonds. The highest BCUT2D eigenvalue weighted by Crippen LogP contribution is 2.07. The van der Waals surface area contributed by atoms with Crippen molar-refractivity contribution in [3.05, 3.63) is 28.3 Å². The van der Waals surface area contributed by atoms with Crippen molar-refractivity contribution in [3.8, 4) is 0 Å². The van der Waals surface area contributed by atoms with E-state index in [2.05, 4.69) is 4.98 Å². The maximum Gasteiger partial charge on any atom is 0.274 e. The molecule has 0 radical (unpaired) electrons. The quantitative estimate of drug-likeness (QED) is 0.533. The second-order valence-corrected chi connectivity index (χ2v) is 3.47. The highest BCUT2D eigenvalue weighted by molar-refractivity contribution is 6.38. The number of pyridine rings is 1. The van der Waals surface area contributed by atoms with Gasteiger partial charge in [0.05, 0.1) is 0 Å². The van der Waals surface area contributed by atoms with E-state index in [0.29, 0.717) is 5.52 Å². The molecule has 0 atom stereocenters. The van der Waals surface area contributed by atoms with Gasteiger partial charge in [-0.05, 0) is 13.0 Å². The van der Waals surface area contributed by atoms with E-state index in [0.717, 1.165) is 16.5 Å². The van der Waals surface area contributed by atoms with Gasteiger partial charge in [-0.1, -0.05) is 5.46 Å². The van der Waals surface area contributed by atoms with Crippen molar-refractivity contribution in [2.75, 3.05) is 0 Å². The second-order valence-electron chi connectivity index (χ2n) is 3.47. The zero-order valence-corrected chi connectivity index (χ0v) is 8.01. The number of H-pyrrole nitrogens is 1. The largest absolute Gasteiger partial charge is 0.354 e. The highest BCUT2D eigenvalue weighted by Gasteiger charge is 2.05. The normalized spacial score (nSPS) is 10.9. The first-order chi connectivity index (χ1) is 6.09. The molecule has 0 saturated carbocycles. The molecule has 3 nitrogen and oxygen atoms in total. The minimum absolute atomic E-state index is 0.0358. The van der Waals surface area contributed by atoms with Crippen molar-refractivity contribution >= 4 is 24.2 Å². The summed E-state index contributed by atoms with van der Waals surface area (Å²) in [5.74, 6) is 0. The van der Waals surface area contributed by atoms with Crippen molar-refractivity contribution < 1.29 is 0 Å². The Morgan fingerprint density at radius 2 is 2.23 bits per heavy atom. The molecule has 13 heavy (non-hydrogen) atoms. The van der Waals surface area contributed by atoms with Crippen LogP contribution in [0.5, 0.6) is 0 Å². The molecule has 0 bridgehead atoms. The Bertz CT molecular complexity index is 524. The Morgan fingerprint density at radius 1 is 1.54 bits per heavy atom. The topological polar surface area (TPSA) is 37.8 Å². The lowest BCUT2D eigenvalue weighted by molar-refractivity contribution is 0.875. The van der Waals surface area contributed by atoms with E-state index >= 15 is 0 Å². The SMILES string of the molecule is Bc1cn(C)c(=O)c2[nH]c(C)cc12. The van der Waals surface area contributed by atoms with Crippen LogP contribution in [0.4, 0.5) is 0 Å². The summed E-state index contributed by atoms with van der Waals surface area (Å²) in [7, 11) is 3.78. The first-order valence-electron chi connectivity index (χ1n) is 4.25. The molecule has 0 unspecified atom stereocenters. The Kier molecular flexibility index (Phi) is 1.58. The Hall–Kier alpha value is -1.45. The van der Waals surface area contributed by atoms with Crippen molar-refractivity contribution in [2.24, 2.45) is 7.05 Å². The zero-order valence-electron chi connectivity index (χ0n) is 8.01. The van der Waals surface area contributed by atoms with Crippen LogP contribution in [0.3, 0.4) is 0 Å². The number of aromatic nitrogens is 2. The van der Waals surface area contributed by atoms with Crippen LogP contribution in [0.1, 0.15) is 5.69 Å². The van der Waals surface area contributed by atoms with Crippen molar-refractivity contribution in [3.63, 3.8) is 0 Å². The maximum absolute atomic E-state index is 11.6. The van der Waals surface area contributed by atoms with Gasteiger partial charge in [-0.2, -0.15) is 0 Å². The fraction of sp³-hybridized carbons (Fsp3) is 0.222. The predicted octanol–water partition coefficient (Wildman–Crippen LogP) is -0.567. The van der Waals surface area contributed by atoms with Gasteiger partial charge in [0.1, 0.15) is 13.4 Å². The number of aryl methyl sites for hydroxylation is 2. The van der Waals surface area contributed by atoms with Crippen LogP contribution in [-0.2, 0) is 7.05 Å². The van der Waals surface area contributed by atoms with Gasteiger partial charge >= 0.3 is 0 Å². The van der Waals surface area contributed by atoms with Gasteiger partial charge in [-0.3, -0.25) is 4.79 Å². The summed E-state index contributed by atoms with van der Waals surface area (Å²) >= 11 is 0. The summed E-state index contributed by atoms with van der Waals surface area (Å²) in [6.45, 7) is 1.96. The van der Waals surface area contributed by atoms with Crippen LogP contribution in [-0.4, -0.2) is 17.4 Å². The summed E-state index contributed by atoms with van der Waals surface area (Å²) in [4.78, 5) is 14.7. The highest BCUT2D eigenvalue weighted by atomic mass is 16.1. The lowest BCUT2D eigenvalue weighted by Crippen LogP contribution is -2.22. The monoisotopic (exact) mass is 174 g/mol. The number of rotatable bonds is 0. The van der Waals surface area contributed by atoms with Gasteiger partial charge in [0.25, 0.3) is 5.56 Å². The maximum atomic E-state index is 11.6. The zero-order chi connectivity index (χ0) is 9.59. The summed E-state index contributed by atoms with van der Waals surface area (Å²) in [6, 6.07) is 2.01. The molecule has 66 valence electrons. The van der Waals surface area contributed by atoms with Crippen LogP contribution in [0, 0.1) is 6.92 Å². The average Bonchev–Trinajstić information content (AvgIpc) is 2.44. The molecule has 0 fully saturated rings. The van der Waals surface area contributed by atoms with Crippen LogP contribution in [0.2, 0.25) is 0 Å². The molecule has 0 aromatic carbocycles. The van der Waals surface area contributed by atoms with Gasteiger partial charge in [0, 0.05) is 24.3 Å². The van der Waals surface area contributed by atoms with Gasteiger partial charge in [0.15, 0.2) is 0 Å². The molecule has 4 heteroatoms. The molecule has 0 aliphatic heterocycles. The van der Waals surface area contributed by atoms with Gasteiger partial charge < -0.3 is 9.55 Å².